The number of aryl methyl sites for hydroxylation is 1. The third-order valence-electron chi connectivity index (χ3n) is 2.87. The molecule has 0 aliphatic rings. The summed E-state index contributed by atoms with van der Waals surface area (Å²) in [6.07, 6.45) is 6.08. The lowest BCUT2D eigenvalue weighted by atomic mass is 10.3. The number of hydrogen-bond donors (Lipinski definition) is 2. The van der Waals surface area contributed by atoms with E-state index in [1.165, 1.54) is 11.2 Å². The van der Waals surface area contributed by atoms with Crippen LogP contribution >= 0.6 is 11.3 Å². The van der Waals surface area contributed by atoms with Crippen LogP contribution in [0.3, 0.4) is 0 Å². The van der Waals surface area contributed by atoms with E-state index < -0.39 is 0 Å². The van der Waals surface area contributed by atoms with E-state index >= 15 is 0 Å². The average molecular weight is 274 g/mol. The Hall–Kier alpha value is -2.02. The topological polar surface area (TPSA) is 79.4 Å². The van der Waals surface area contributed by atoms with E-state index in [0.29, 0.717) is 5.65 Å². The number of nitrogens with one attached hydrogen (secondary N) is 2. The number of hydrogen-bond acceptors (Lipinski definition) is 6. The number of rotatable bonds is 4. The fraction of sp³-hybridized carbons (Fsp3) is 0.333. The van der Waals surface area contributed by atoms with Crippen LogP contribution < -0.4 is 5.32 Å². The lowest BCUT2D eigenvalue weighted by molar-refractivity contribution is 0.861. The van der Waals surface area contributed by atoms with Gasteiger partial charge in [0, 0.05) is 11.1 Å². The summed E-state index contributed by atoms with van der Waals surface area (Å²) in [5.41, 5.74) is 1.49. The first-order chi connectivity index (χ1) is 9.28. The molecule has 6 nitrogen and oxygen atoms in total. The van der Waals surface area contributed by atoms with Gasteiger partial charge in [-0.2, -0.15) is 0 Å². The van der Waals surface area contributed by atoms with Crippen molar-refractivity contribution in [2.75, 3.05) is 5.32 Å². The predicted molar refractivity (Wildman–Crippen MR) is 75.2 cm³/mol. The van der Waals surface area contributed by atoms with Crippen molar-refractivity contribution in [3.8, 4) is 0 Å². The minimum absolute atomic E-state index is 0.103. The molecule has 3 heterocycles. The standard InChI is InChI=1S/C12H14N6S/c1-3-8-4-13-12(19-8)7(2)18-11-9-10(15-5-14-9)16-6-17-11/h4-7H,3H2,1-2H3,(H2,14,15,16,17,18). The Morgan fingerprint density at radius 3 is 3.00 bits per heavy atom. The molecule has 0 saturated heterocycles. The van der Waals surface area contributed by atoms with Crippen LogP contribution in [-0.2, 0) is 6.42 Å². The predicted octanol–water partition coefficient (Wildman–Crippen LogP) is 2.54. The summed E-state index contributed by atoms with van der Waals surface area (Å²) in [6.45, 7) is 4.20. The zero-order valence-corrected chi connectivity index (χ0v) is 11.5. The fourth-order valence-corrected chi connectivity index (χ4v) is 2.69. The van der Waals surface area contributed by atoms with E-state index in [-0.39, 0.29) is 6.04 Å². The van der Waals surface area contributed by atoms with E-state index in [0.717, 1.165) is 22.8 Å². The highest BCUT2D eigenvalue weighted by atomic mass is 32.1. The van der Waals surface area contributed by atoms with Crippen LogP contribution in [0, 0.1) is 0 Å². The highest BCUT2D eigenvalue weighted by Crippen LogP contribution is 2.25. The highest BCUT2D eigenvalue weighted by molar-refractivity contribution is 7.11. The van der Waals surface area contributed by atoms with Crippen LogP contribution in [0.5, 0.6) is 0 Å². The van der Waals surface area contributed by atoms with Crippen molar-refractivity contribution in [1.29, 1.82) is 0 Å². The van der Waals surface area contributed by atoms with Gasteiger partial charge < -0.3 is 10.3 Å². The molecule has 0 fully saturated rings. The summed E-state index contributed by atoms with van der Waals surface area (Å²) in [7, 11) is 0. The van der Waals surface area contributed by atoms with Crippen LogP contribution in [0.25, 0.3) is 11.2 Å². The number of H-pyrrole nitrogens is 1. The molecule has 3 aromatic heterocycles. The van der Waals surface area contributed by atoms with E-state index in [2.05, 4.69) is 44.1 Å². The lowest BCUT2D eigenvalue weighted by Gasteiger charge is -2.11. The number of imidazole rings is 1. The number of nitrogens with zero attached hydrogens (tertiary/aromatic N) is 4. The maximum atomic E-state index is 4.44. The van der Waals surface area contributed by atoms with Crippen molar-refractivity contribution in [3.05, 3.63) is 28.7 Å². The van der Waals surface area contributed by atoms with Gasteiger partial charge in [-0.3, -0.25) is 0 Å². The molecule has 0 aliphatic heterocycles. The van der Waals surface area contributed by atoms with Gasteiger partial charge in [-0.15, -0.1) is 11.3 Å². The van der Waals surface area contributed by atoms with Gasteiger partial charge in [0.2, 0.25) is 0 Å². The maximum absolute atomic E-state index is 4.44. The van der Waals surface area contributed by atoms with Crippen LogP contribution in [0.15, 0.2) is 18.9 Å². The van der Waals surface area contributed by atoms with Crippen LogP contribution in [0.2, 0.25) is 0 Å². The Morgan fingerprint density at radius 2 is 2.21 bits per heavy atom. The Morgan fingerprint density at radius 1 is 1.32 bits per heavy atom. The first-order valence-corrected chi connectivity index (χ1v) is 6.94. The number of anilines is 1. The number of aromatic nitrogens is 5. The number of thiazole rings is 1. The second-order valence-electron chi connectivity index (χ2n) is 4.21. The fourth-order valence-electron chi connectivity index (χ4n) is 1.83. The third-order valence-corrected chi connectivity index (χ3v) is 4.19. The summed E-state index contributed by atoms with van der Waals surface area (Å²) in [5, 5.41) is 4.41. The normalized spacial score (nSPS) is 12.7. The molecule has 0 spiro atoms. The monoisotopic (exact) mass is 274 g/mol. The van der Waals surface area contributed by atoms with Gasteiger partial charge in [0.1, 0.15) is 16.9 Å². The number of fused-ring (bicyclic) bond motifs is 1. The summed E-state index contributed by atoms with van der Waals surface area (Å²) in [4.78, 5) is 21.2. The van der Waals surface area contributed by atoms with Crippen molar-refractivity contribution in [3.63, 3.8) is 0 Å². The van der Waals surface area contributed by atoms with Crippen molar-refractivity contribution in [1.82, 2.24) is 24.9 Å². The van der Waals surface area contributed by atoms with E-state index in [1.807, 2.05) is 6.20 Å². The zero-order valence-electron chi connectivity index (χ0n) is 10.7. The molecule has 2 N–H and O–H groups in total. The second-order valence-corrected chi connectivity index (χ2v) is 5.35. The summed E-state index contributed by atoms with van der Waals surface area (Å²) >= 11 is 1.72. The molecule has 1 unspecified atom stereocenters. The molecule has 0 saturated carbocycles. The SMILES string of the molecule is CCc1cnc(C(C)Nc2ncnc3nc[nH]c23)s1. The maximum Gasteiger partial charge on any atom is 0.182 e. The molecular weight excluding hydrogens is 260 g/mol. The molecule has 0 radical (unpaired) electrons. The lowest BCUT2D eigenvalue weighted by Crippen LogP contribution is -2.08. The van der Waals surface area contributed by atoms with Crippen LogP contribution in [0.1, 0.15) is 29.8 Å². The Bertz CT molecular complexity index is 688. The molecular formula is C12H14N6S. The van der Waals surface area contributed by atoms with Gasteiger partial charge in [-0.1, -0.05) is 6.92 Å². The largest absolute Gasteiger partial charge is 0.359 e. The second kappa shape index (κ2) is 4.93. The third kappa shape index (κ3) is 2.28. The highest BCUT2D eigenvalue weighted by Gasteiger charge is 2.13. The average Bonchev–Trinajstić information content (AvgIpc) is 3.08. The van der Waals surface area contributed by atoms with Gasteiger partial charge in [-0.25, -0.2) is 19.9 Å². The van der Waals surface area contributed by atoms with E-state index in [4.69, 9.17) is 0 Å². The molecule has 19 heavy (non-hydrogen) atoms. The molecule has 3 rings (SSSR count). The molecule has 0 aromatic carbocycles. The van der Waals surface area contributed by atoms with Crippen LogP contribution in [0.4, 0.5) is 5.82 Å². The van der Waals surface area contributed by atoms with Crippen molar-refractivity contribution < 1.29 is 0 Å². The first-order valence-electron chi connectivity index (χ1n) is 6.13. The molecule has 0 aliphatic carbocycles. The van der Waals surface area contributed by atoms with Gasteiger partial charge in [-0.05, 0) is 13.3 Å². The first kappa shape index (κ1) is 12.0. The smallest absolute Gasteiger partial charge is 0.182 e. The number of aromatic amines is 1. The summed E-state index contributed by atoms with van der Waals surface area (Å²) in [6, 6.07) is 0.103. The molecule has 3 aromatic rings. The minimum Gasteiger partial charge on any atom is -0.359 e. The van der Waals surface area contributed by atoms with Crippen molar-refractivity contribution >= 4 is 28.3 Å². The van der Waals surface area contributed by atoms with Crippen molar-refractivity contribution in [2.24, 2.45) is 0 Å². The van der Waals surface area contributed by atoms with Gasteiger partial charge >= 0.3 is 0 Å². The Balaban J connectivity index is 1.86. The van der Waals surface area contributed by atoms with Gasteiger partial charge in [0.25, 0.3) is 0 Å². The molecule has 7 heteroatoms. The quantitative estimate of drug-likeness (QED) is 0.764. The molecule has 1 atom stereocenters. The summed E-state index contributed by atoms with van der Waals surface area (Å²) < 4.78 is 0. The van der Waals surface area contributed by atoms with Gasteiger partial charge in [0.05, 0.1) is 12.4 Å². The van der Waals surface area contributed by atoms with Gasteiger partial charge in [0.15, 0.2) is 11.5 Å². The van der Waals surface area contributed by atoms with Crippen molar-refractivity contribution in [2.45, 2.75) is 26.3 Å². The van der Waals surface area contributed by atoms with Crippen LogP contribution in [-0.4, -0.2) is 24.9 Å². The summed E-state index contributed by atoms with van der Waals surface area (Å²) in [5.74, 6) is 0.753. The Labute approximate surface area is 114 Å². The Kier molecular flexibility index (Phi) is 3.12. The molecule has 98 valence electrons. The van der Waals surface area contributed by atoms with E-state index in [9.17, 15) is 0 Å². The minimum atomic E-state index is 0.103. The van der Waals surface area contributed by atoms with E-state index in [1.54, 1.807) is 17.7 Å². The molecule has 0 amide bonds. The molecule has 0 bridgehead atoms. The zero-order chi connectivity index (χ0) is 13.2.